The molecule has 0 unspecified atom stereocenters. The molecule has 0 aromatic heterocycles. The summed E-state index contributed by atoms with van der Waals surface area (Å²) in [5.41, 5.74) is 1.20. The molecule has 1 aliphatic carbocycles. The Kier molecular flexibility index (Phi) is 1.51. The van der Waals surface area contributed by atoms with Gasteiger partial charge in [-0.15, -0.1) is 0 Å². The van der Waals surface area contributed by atoms with Crippen molar-refractivity contribution < 1.29 is 0 Å². The summed E-state index contributed by atoms with van der Waals surface area (Å²) in [7, 11) is 3.21. The van der Waals surface area contributed by atoms with E-state index in [0.717, 1.165) is 17.9 Å². The summed E-state index contributed by atoms with van der Waals surface area (Å²) >= 11 is 5.88. The van der Waals surface area contributed by atoms with Crippen LogP contribution in [0.25, 0.3) is 0 Å². The van der Waals surface area contributed by atoms with E-state index < -0.39 is 0 Å². The highest BCUT2D eigenvalue weighted by Gasteiger charge is 2.24. The fourth-order valence-electron chi connectivity index (χ4n) is 0.893. The van der Waals surface area contributed by atoms with E-state index in [1.165, 1.54) is 21.6 Å². The largest absolute Gasteiger partial charge is 0.208 e. The summed E-state index contributed by atoms with van der Waals surface area (Å²) in [5.74, 6) is 0. The van der Waals surface area contributed by atoms with Crippen molar-refractivity contribution in [3.8, 4) is 0 Å². The maximum Gasteiger partial charge on any atom is 0.0657 e. The van der Waals surface area contributed by atoms with Gasteiger partial charge in [0.1, 0.15) is 0 Å². The van der Waals surface area contributed by atoms with Crippen LogP contribution in [0, 0.1) is 0 Å². The second kappa shape index (κ2) is 2.22. The van der Waals surface area contributed by atoms with Crippen LogP contribution in [0.4, 0.5) is 0 Å². The van der Waals surface area contributed by atoms with Gasteiger partial charge in [0.05, 0.1) is 10.6 Å². The third-order valence-electron chi connectivity index (χ3n) is 1.36. The molecule has 0 fully saturated rings. The fraction of sp³-hybridized carbons (Fsp3) is 0.400. The van der Waals surface area contributed by atoms with Gasteiger partial charge < -0.3 is 0 Å². The van der Waals surface area contributed by atoms with Crippen LogP contribution < -0.4 is 0 Å². The van der Waals surface area contributed by atoms with Crippen molar-refractivity contribution in [1.29, 1.82) is 0 Å². The van der Waals surface area contributed by atoms with Crippen LogP contribution in [0.3, 0.4) is 0 Å². The molecule has 2 aliphatic rings. The number of hydrogen-bond donors (Lipinski definition) is 0. The molecule has 4 heteroatoms. The van der Waals surface area contributed by atoms with Gasteiger partial charge in [0, 0.05) is 16.0 Å². The zero-order valence-electron chi connectivity index (χ0n) is 4.56. The van der Waals surface area contributed by atoms with E-state index in [9.17, 15) is 0 Å². The van der Waals surface area contributed by atoms with Crippen LogP contribution in [0.2, 0.25) is 0 Å². The number of halogens is 1. The number of fused-ring (bicyclic) bond motifs is 1. The molecule has 0 bridgehead atoms. The van der Waals surface area contributed by atoms with Gasteiger partial charge in [-0.25, -0.2) is 4.40 Å². The third kappa shape index (κ3) is 0.914. The van der Waals surface area contributed by atoms with Crippen LogP contribution in [0.15, 0.2) is 14.3 Å². The topological polar surface area (TPSA) is 12.4 Å². The molecule has 48 valence electrons. The molecule has 0 aromatic rings. The van der Waals surface area contributed by atoms with Gasteiger partial charge in [-0.1, -0.05) is 11.6 Å². The van der Waals surface area contributed by atoms with E-state index in [1.807, 2.05) is 0 Å². The lowest BCUT2D eigenvalue weighted by Gasteiger charge is -1.86. The van der Waals surface area contributed by atoms with Crippen LogP contribution in [-0.4, -0.2) is 5.71 Å². The highest BCUT2D eigenvalue weighted by atomic mass is 35.5. The van der Waals surface area contributed by atoms with Crippen molar-refractivity contribution >= 4 is 39.1 Å². The summed E-state index contributed by atoms with van der Waals surface area (Å²) < 4.78 is 4.20. The molecule has 0 N–H and O–H groups in total. The zero-order valence-corrected chi connectivity index (χ0v) is 6.94. The predicted molar refractivity (Wildman–Crippen MR) is 44.7 cm³/mol. The van der Waals surface area contributed by atoms with Crippen molar-refractivity contribution in [3.05, 3.63) is 9.94 Å². The van der Waals surface area contributed by atoms with Crippen LogP contribution >= 0.6 is 33.4 Å². The van der Waals surface area contributed by atoms with Crippen LogP contribution in [-0.2, 0) is 0 Å². The van der Waals surface area contributed by atoms with Crippen molar-refractivity contribution in [3.63, 3.8) is 0 Å². The van der Waals surface area contributed by atoms with Crippen LogP contribution in [0.1, 0.15) is 12.8 Å². The van der Waals surface area contributed by atoms with Gasteiger partial charge in [0.15, 0.2) is 0 Å². The number of hydrogen-bond acceptors (Lipinski definition) is 3. The van der Waals surface area contributed by atoms with Gasteiger partial charge >= 0.3 is 0 Å². The molecule has 9 heavy (non-hydrogen) atoms. The van der Waals surface area contributed by atoms with Crippen molar-refractivity contribution in [1.82, 2.24) is 0 Å². The molecule has 0 atom stereocenters. The monoisotopic (exact) mass is 177 g/mol. The fourth-order valence-corrected chi connectivity index (χ4v) is 3.42. The minimum Gasteiger partial charge on any atom is -0.208 e. The molecule has 2 rings (SSSR count). The minimum atomic E-state index is 1.00. The molecule has 0 saturated heterocycles. The van der Waals surface area contributed by atoms with Crippen molar-refractivity contribution in [2.75, 3.05) is 0 Å². The normalized spacial score (nSPS) is 24.8. The van der Waals surface area contributed by atoms with Crippen molar-refractivity contribution in [2.24, 2.45) is 4.40 Å². The van der Waals surface area contributed by atoms with E-state index >= 15 is 0 Å². The molecule has 1 heterocycles. The maximum absolute atomic E-state index is 5.88. The lowest BCUT2D eigenvalue weighted by Crippen LogP contribution is -1.84. The molecule has 0 amide bonds. The first-order valence-electron chi connectivity index (χ1n) is 2.67. The average Bonchev–Trinajstić information content (AvgIpc) is 2.35. The van der Waals surface area contributed by atoms with Gasteiger partial charge in [0.2, 0.25) is 0 Å². The number of allylic oxidation sites excluding steroid dienone is 2. The van der Waals surface area contributed by atoms with E-state index in [0.29, 0.717) is 0 Å². The van der Waals surface area contributed by atoms with Gasteiger partial charge in [-0.05, 0) is 23.6 Å². The quantitative estimate of drug-likeness (QED) is 0.417. The first-order chi connectivity index (χ1) is 4.38. The summed E-state index contributed by atoms with van der Waals surface area (Å²) in [5, 5.41) is 1.00. The summed E-state index contributed by atoms with van der Waals surface area (Å²) in [6, 6.07) is 0. The standard InChI is InChI=1S/C5H4ClNS2/c6-3-1-2-4-5(3)8-9-7-4/h1-2H2. The van der Waals surface area contributed by atoms with Crippen molar-refractivity contribution in [2.45, 2.75) is 12.8 Å². The minimum absolute atomic E-state index is 1.00. The Balaban J connectivity index is 2.42. The molecule has 0 spiro atoms. The van der Waals surface area contributed by atoms with E-state index in [-0.39, 0.29) is 0 Å². The second-order valence-electron chi connectivity index (χ2n) is 1.93. The molecule has 0 aromatic carbocycles. The summed E-state index contributed by atoms with van der Waals surface area (Å²) in [6.07, 6.45) is 2.05. The van der Waals surface area contributed by atoms with Gasteiger partial charge in [0.25, 0.3) is 0 Å². The van der Waals surface area contributed by atoms with Gasteiger partial charge in [-0.2, -0.15) is 0 Å². The molecule has 0 saturated carbocycles. The first kappa shape index (κ1) is 6.13. The smallest absolute Gasteiger partial charge is 0.0657 e. The molecular weight excluding hydrogens is 174 g/mol. The highest BCUT2D eigenvalue weighted by molar-refractivity contribution is 8.78. The molecule has 0 radical (unpaired) electrons. The lowest BCUT2D eigenvalue weighted by atomic mass is 10.3. The van der Waals surface area contributed by atoms with Gasteiger partial charge in [-0.3, -0.25) is 0 Å². The van der Waals surface area contributed by atoms with E-state index in [4.69, 9.17) is 11.6 Å². The Morgan fingerprint density at radius 3 is 3.11 bits per heavy atom. The average molecular weight is 178 g/mol. The Hall–Kier alpha value is 0.400. The Morgan fingerprint density at radius 1 is 1.44 bits per heavy atom. The SMILES string of the molecule is ClC1=C2SSN=C2CC1. The Labute approximate surface area is 66.5 Å². The molecule has 1 aliphatic heterocycles. The predicted octanol–water partition coefficient (Wildman–Crippen LogP) is 2.98. The molecule has 1 nitrogen and oxygen atoms in total. The lowest BCUT2D eigenvalue weighted by molar-refractivity contribution is 1.12. The zero-order chi connectivity index (χ0) is 6.27. The summed E-state index contributed by atoms with van der Waals surface area (Å²) in [4.78, 5) is 1.22. The summed E-state index contributed by atoms with van der Waals surface area (Å²) in [6.45, 7) is 0. The van der Waals surface area contributed by atoms with E-state index in [1.54, 1.807) is 10.8 Å². The number of rotatable bonds is 0. The third-order valence-corrected chi connectivity index (χ3v) is 3.81. The maximum atomic E-state index is 5.88. The highest BCUT2D eigenvalue weighted by Crippen LogP contribution is 2.47. The molecular formula is C5H4ClNS2. The Bertz CT molecular complexity index is 206. The number of nitrogens with zero attached hydrogens (tertiary/aromatic N) is 1. The Morgan fingerprint density at radius 2 is 2.33 bits per heavy atom. The van der Waals surface area contributed by atoms with E-state index in [2.05, 4.69) is 4.40 Å². The van der Waals surface area contributed by atoms with Crippen LogP contribution in [0.5, 0.6) is 0 Å². The first-order valence-corrected chi connectivity index (χ1v) is 5.16. The second-order valence-corrected chi connectivity index (χ2v) is 4.24.